The van der Waals surface area contributed by atoms with Gasteiger partial charge in [0.2, 0.25) is 15.7 Å². The predicted octanol–water partition coefficient (Wildman–Crippen LogP) is 7.03. The first-order valence-corrected chi connectivity index (χ1v) is 31.0. The average Bonchev–Trinajstić information content (AvgIpc) is 3.91. The fraction of sp³-hybridized carbons (Fsp3) is 0.245. The number of aromatic nitrogens is 4. The Bertz CT molecular complexity index is 4250. The molecule has 0 unspecified atom stereocenters. The molecule has 0 saturated carbocycles. The number of aromatic amines is 1. The summed E-state index contributed by atoms with van der Waals surface area (Å²) < 4.78 is 128. The third-order valence-electron chi connectivity index (χ3n) is 12.1. The van der Waals surface area contributed by atoms with Crippen LogP contribution in [-0.4, -0.2) is 99.8 Å². The molecule has 0 aliphatic carbocycles. The van der Waals surface area contributed by atoms with Crippen molar-refractivity contribution in [3.05, 3.63) is 182 Å². The molecule has 76 heavy (non-hydrogen) atoms. The quantitative estimate of drug-likeness (QED) is 0.0922. The zero-order valence-corrected chi connectivity index (χ0v) is 44.9. The zero-order valence-electron chi connectivity index (χ0n) is 41.6. The van der Waals surface area contributed by atoms with Crippen molar-refractivity contribution in [2.45, 2.75) is 39.8 Å². The van der Waals surface area contributed by atoms with Crippen LogP contribution in [0.3, 0.4) is 0 Å². The Hall–Kier alpha value is -7.18. The number of hydrogen-bond acceptors (Lipinski definition) is 13. The van der Waals surface area contributed by atoms with Crippen molar-refractivity contribution in [3.63, 3.8) is 0 Å². The Morgan fingerprint density at radius 3 is 1.78 bits per heavy atom. The van der Waals surface area contributed by atoms with Crippen LogP contribution in [-0.2, 0) is 52.6 Å². The lowest BCUT2D eigenvalue weighted by molar-refractivity contribution is 0.101. The molecule has 0 saturated heterocycles. The Morgan fingerprint density at radius 1 is 0.658 bits per heavy atom. The summed E-state index contributed by atoms with van der Waals surface area (Å²) in [4.78, 5) is 46.2. The normalized spacial score (nSPS) is 12.1. The highest BCUT2D eigenvalue weighted by Crippen LogP contribution is 2.37. The highest BCUT2D eigenvalue weighted by molar-refractivity contribution is 7.92. The van der Waals surface area contributed by atoms with Gasteiger partial charge in [-0.05, 0) is 87.4 Å². The van der Waals surface area contributed by atoms with E-state index in [1.165, 1.54) is 18.3 Å². The van der Waals surface area contributed by atoms with Crippen LogP contribution in [0.25, 0.3) is 54.9 Å². The lowest BCUT2D eigenvalue weighted by atomic mass is 10.0. The second-order valence-electron chi connectivity index (χ2n) is 18.4. The van der Waals surface area contributed by atoms with Crippen molar-refractivity contribution in [1.82, 2.24) is 19.1 Å². The summed E-state index contributed by atoms with van der Waals surface area (Å²) in [5.74, 6) is -3.67. The number of carbonyl (C=O) groups is 1. The number of sulfone groups is 3. The maximum atomic E-state index is 14.7. The molecule has 5 heterocycles. The molecule has 0 bridgehead atoms. The van der Waals surface area contributed by atoms with Crippen LogP contribution in [0.4, 0.5) is 8.78 Å². The third kappa shape index (κ3) is 14.0. The number of carbonyl (C=O) groups excluding carboxylic acids is 1. The predicted molar refractivity (Wildman–Crippen MR) is 291 cm³/mol. The van der Waals surface area contributed by atoms with Crippen molar-refractivity contribution in [2.24, 2.45) is 5.14 Å². The highest BCUT2D eigenvalue weighted by Gasteiger charge is 2.29. The Kier molecular flexibility index (Phi) is 17.1. The molecular weight excluding hydrogens is 1060 g/mol. The molecular formula is C53H53F2N5O12S4. The molecule has 0 spiro atoms. The van der Waals surface area contributed by atoms with Crippen LogP contribution in [0.1, 0.15) is 45.6 Å². The highest BCUT2D eigenvalue weighted by atomic mass is 32.2. The van der Waals surface area contributed by atoms with Crippen LogP contribution in [0.15, 0.2) is 136 Å². The average molecular weight is 1120 g/mol. The number of hydrogen-bond donors (Lipinski definition) is 2. The number of fused-ring (bicyclic) bond motifs is 6. The second kappa shape index (κ2) is 23.0. The number of nitrogens with two attached hydrogens (primary N) is 1. The first kappa shape index (κ1) is 56.5. The number of halogens is 2. The van der Waals surface area contributed by atoms with Crippen molar-refractivity contribution in [3.8, 4) is 11.1 Å². The van der Waals surface area contributed by atoms with Gasteiger partial charge in [-0.1, -0.05) is 59.7 Å². The summed E-state index contributed by atoms with van der Waals surface area (Å²) in [6, 6.07) is 30.9. The van der Waals surface area contributed by atoms with E-state index in [2.05, 4.69) is 15.1 Å². The van der Waals surface area contributed by atoms with E-state index < -0.39 is 73.8 Å². The number of pyridine rings is 2. The van der Waals surface area contributed by atoms with E-state index in [0.29, 0.717) is 27.7 Å². The van der Waals surface area contributed by atoms with Gasteiger partial charge in [-0.15, -0.1) is 0 Å². The number of Topliss-reactive ketones (excluding diaryl/α,β-unsaturated/α-hetero) is 1. The molecule has 0 radical (unpaired) electrons. The van der Waals surface area contributed by atoms with Crippen molar-refractivity contribution in [2.75, 3.05) is 41.3 Å². The number of ketones is 1. The molecule has 5 aromatic heterocycles. The van der Waals surface area contributed by atoms with Crippen LogP contribution >= 0.6 is 0 Å². The van der Waals surface area contributed by atoms with Crippen molar-refractivity contribution in [1.29, 1.82) is 0 Å². The number of aryl methyl sites for hydroxylation is 2. The van der Waals surface area contributed by atoms with Gasteiger partial charge in [0, 0.05) is 79.7 Å². The van der Waals surface area contributed by atoms with Crippen LogP contribution in [0, 0.1) is 25.5 Å². The Balaban J connectivity index is 0.000000191. The zero-order chi connectivity index (χ0) is 55.3. The standard InChI is InChI=1S/C27H27FN2O6S2.C22H15FN2O2.C4H11NO4S2/c1-18-10-11-23-21(15-18)25(20-8-5-12-29-27(20)32)26(30(23)16-19-7-3-4-9-22(19)28)24(31)17-38(35,36)14-6-13-37(2,33)34;1-13-8-9-18-16(11-13)19-15-6-4-10-24-21(15)27-22(26)20(19)25(18)12-14-5-2-3-7-17(14)23;1-10(6,7)3-2-4-11(5,8)9/h3-5,7-12,15H,6,13-14,16-17H2,1-2H3,(H,29,32);2-11H,12H2,1H3;2-4H2,1H3,(H2,5,8,9). The van der Waals surface area contributed by atoms with E-state index in [-0.39, 0.29) is 71.4 Å². The third-order valence-corrected chi connectivity index (χ3v) is 16.6. The lowest BCUT2D eigenvalue weighted by Crippen LogP contribution is -2.24. The van der Waals surface area contributed by atoms with Gasteiger partial charge in [0.05, 0.1) is 41.8 Å². The summed E-state index contributed by atoms with van der Waals surface area (Å²) in [5.41, 5.74) is 4.33. The van der Waals surface area contributed by atoms with Crippen LogP contribution in [0.5, 0.6) is 0 Å². The molecule has 0 amide bonds. The fourth-order valence-corrected chi connectivity index (χ4v) is 12.2. The van der Waals surface area contributed by atoms with Gasteiger partial charge >= 0.3 is 5.63 Å². The van der Waals surface area contributed by atoms with Gasteiger partial charge in [-0.3, -0.25) is 9.59 Å². The Labute approximate surface area is 436 Å². The number of H-pyrrole nitrogens is 1. The molecule has 0 fully saturated rings. The fourth-order valence-electron chi connectivity index (χ4n) is 8.73. The molecule has 0 aliphatic heterocycles. The minimum Gasteiger partial charge on any atom is -0.402 e. The summed E-state index contributed by atoms with van der Waals surface area (Å²) in [6.45, 7) is 4.02. The summed E-state index contributed by atoms with van der Waals surface area (Å²) in [7, 11) is -13.9. The molecule has 23 heteroatoms. The lowest BCUT2D eigenvalue weighted by Gasteiger charge is -2.13. The van der Waals surface area contributed by atoms with Crippen molar-refractivity contribution >= 4 is 89.1 Å². The first-order chi connectivity index (χ1) is 35.7. The minimum absolute atomic E-state index is 0.0303. The topological polar surface area (TPSA) is 265 Å². The van der Waals surface area contributed by atoms with Gasteiger partial charge in [0.1, 0.15) is 42.6 Å². The molecule has 400 valence electrons. The van der Waals surface area contributed by atoms with E-state index in [0.717, 1.165) is 45.3 Å². The number of benzene rings is 4. The van der Waals surface area contributed by atoms with Crippen LogP contribution < -0.4 is 16.3 Å². The van der Waals surface area contributed by atoms with Gasteiger partial charge in [-0.25, -0.2) is 57.4 Å². The van der Waals surface area contributed by atoms with E-state index in [9.17, 15) is 56.8 Å². The molecule has 0 atom stereocenters. The van der Waals surface area contributed by atoms with Gasteiger partial charge in [-0.2, -0.15) is 0 Å². The maximum absolute atomic E-state index is 14.7. The van der Waals surface area contributed by atoms with E-state index >= 15 is 0 Å². The summed E-state index contributed by atoms with van der Waals surface area (Å²) in [6.07, 6.45) is 5.03. The molecule has 0 aliphatic rings. The number of rotatable bonds is 16. The number of sulfonamides is 1. The van der Waals surface area contributed by atoms with Crippen LogP contribution in [0.2, 0.25) is 0 Å². The molecule has 9 rings (SSSR count). The summed E-state index contributed by atoms with van der Waals surface area (Å²) >= 11 is 0. The van der Waals surface area contributed by atoms with Crippen molar-refractivity contribution < 1.29 is 51.7 Å². The number of primary sulfonamides is 1. The maximum Gasteiger partial charge on any atom is 0.362 e. The second-order valence-corrected chi connectivity index (χ2v) is 26.8. The first-order valence-electron chi connectivity index (χ1n) is 23.4. The van der Waals surface area contributed by atoms with E-state index in [4.69, 9.17) is 4.42 Å². The largest absolute Gasteiger partial charge is 0.402 e. The van der Waals surface area contributed by atoms with E-state index in [1.54, 1.807) is 71.4 Å². The molecule has 17 nitrogen and oxygen atoms in total. The molecule has 9 aromatic rings. The van der Waals surface area contributed by atoms with Gasteiger partial charge < -0.3 is 18.5 Å². The van der Waals surface area contributed by atoms with Gasteiger partial charge in [0.25, 0.3) is 5.56 Å². The molecule has 3 N–H and O–H groups in total. The van der Waals surface area contributed by atoms with E-state index in [1.807, 2.05) is 54.8 Å². The monoisotopic (exact) mass is 1120 g/mol. The molecule has 4 aromatic carbocycles. The number of nitrogens with one attached hydrogen (secondary N) is 1. The minimum atomic E-state index is -3.99. The Morgan fingerprint density at radius 2 is 1.21 bits per heavy atom. The number of nitrogens with zero attached hydrogens (tertiary/aromatic N) is 3. The summed E-state index contributed by atoms with van der Waals surface area (Å²) in [5, 5.41) is 7.70. The van der Waals surface area contributed by atoms with Gasteiger partial charge in [0.15, 0.2) is 15.6 Å². The SMILES string of the molecule is CS(=O)(=O)CCCS(N)(=O)=O.Cc1ccc2c(c1)c(-c1ccc[nH]c1=O)c(C(=O)CS(=O)(=O)CCCS(C)(=O)=O)n2Cc1ccccc1F.Cc1ccc2c(c1)c1c3cccnc3oc(=O)c1n2Cc1ccccc1F. The smallest absolute Gasteiger partial charge is 0.362 e.